The maximum absolute atomic E-state index is 11.4. The maximum Gasteiger partial charge on any atom is 0.264 e. The summed E-state index contributed by atoms with van der Waals surface area (Å²) in [4.78, 5) is 22.5. The standard InChI is InChI=1S/C11H9N3O2/c12-6-13-11(16)8-1-3-9-7(5-8)2-4-10(15)14-9/h1,3,5H,2,4H2,(H,13,16)(H,14,15). The molecule has 0 aliphatic carbocycles. The molecule has 1 aromatic rings. The number of carbonyl (C=O) groups is 2. The van der Waals surface area contributed by atoms with Gasteiger partial charge in [-0.05, 0) is 30.2 Å². The van der Waals surface area contributed by atoms with Crippen molar-refractivity contribution in [3.05, 3.63) is 29.3 Å². The molecule has 0 unspecified atom stereocenters. The number of anilines is 1. The van der Waals surface area contributed by atoms with Gasteiger partial charge < -0.3 is 5.32 Å². The van der Waals surface area contributed by atoms with Crippen LogP contribution in [0.5, 0.6) is 0 Å². The molecule has 1 heterocycles. The molecule has 0 atom stereocenters. The first kappa shape index (κ1) is 10.2. The van der Waals surface area contributed by atoms with E-state index >= 15 is 0 Å². The van der Waals surface area contributed by atoms with Crippen molar-refractivity contribution in [2.24, 2.45) is 0 Å². The Labute approximate surface area is 92.1 Å². The highest BCUT2D eigenvalue weighted by molar-refractivity contribution is 5.98. The van der Waals surface area contributed by atoms with Gasteiger partial charge in [-0.1, -0.05) is 0 Å². The van der Waals surface area contributed by atoms with Gasteiger partial charge in [-0.3, -0.25) is 14.9 Å². The molecule has 0 saturated carbocycles. The lowest BCUT2D eigenvalue weighted by atomic mass is 10.0. The number of rotatable bonds is 1. The Morgan fingerprint density at radius 3 is 3.00 bits per heavy atom. The molecular formula is C11H9N3O2. The fraction of sp³-hybridized carbons (Fsp3) is 0.182. The number of amides is 2. The van der Waals surface area contributed by atoms with Crippen LogP contribution in [-0.2, 0) is 11.2 Å². The SMILES string of the molecule is N#CNC(=O)c1ccc2c(c1)CCC(=O)N2. The molecule has 5 heteroatoms. The van der Waals surface area contributed by atoms with Crippen molar-refractivity contribution < 1.29 is 9.59 Å². The Morgan fingerprint density at radius 2 is 2.25 bits per heavy atom. The Morgan fingerprint density at radius 1 is 1.44 bits per heavy atom. The Bertz CT molecular complexity index is 502. The van der Waals surface area contributed by atoms with Gasteiger partial charge >= 0.3 is 0 Å². The van der Waals surface area contributed by atoms with E-state index in [0.29, 0.717) is 18.4 Å². The summed E-state index contributed by atoms with van der Waals surface area (Å²) in [5.41, 5.74) is 2.09. The van der Waals surface area contributed by atoms with E-state index in [-0.39, 0.29) is 5.91 Å². The molecule has 16 heavy (non-hydrogen) atoms. The third-order valence-corrected chi connectivity index (χ3v) is 2.43. The van der Waals surface area contributed by atoms with Crippen LogP contribution >= 0.6 is 0 Å². The highest BCUT2D eigenvalue weighted by Crippen LogP contribution is 2.23. The molecule has 0 fully saturated rings. The fourth-order valence-electron chi connectivity index (χ4n) is 1.65. The molecule has 80 valence electrons. The largest absolute Gasteiger partial charge is 0.326 e. The minimum atomic E-state index is -0.429. The van der Waals surface area contributed by atoms with Crippen molar-refractivity contribution in [1.29, 1.82) is 5.26 Å². The van der Waals surface area contributed by atoms with Crippen LogP contribution in [0.15, 0.2) is 18.2 Å². The molecule has 0 bridgehead atoms. The van der Waals surface area contributed by atoms with Crippen LogP contribution in [0.2, 0.25) is 0 Å². The zero-order valence-electron chi connectivity index (χ0n) is 8.41. The first-order valence-corrected chi connectivity index (χ1v) is 4.83. The third kappa shape index (κ3) is 1.86. The number of aryl methyl sites for hydroxylation is 1. The normalized spacial score (nSPS) is 13.3. The number of carbonyl (C=O) groups excluding carboxylic acids is 2. The van der Waals surface area contributed by atoms with Crippen LogP contribution in [0.1, 0.15) is 22.3 Å². The second-order valence-electron chi connectivity index (χ2n) is 3.49. The topological polar surface area (TPSA) is 82.0 Å². The molecule has 0 saturated heterocycles. The van der Waals surface area contributed by atoms with Gasteiger partial charge in [0.15, 0.2) is 6.19 Å². The van der Waals surface area contributed by atoms with Crippen LogP contribution in [0, 0.1) is 11.5 Å². The predicted octanol–water partition coefficient (Wildman–Crippen LogP) is 0.782. The van der Waals surface area contributed by atoms with Crippen LogP contribution < -0.4 is 10.6 Å². The number of hydrogen-bond donors (Lipinski definition) is 2. The van der Waals surface area contributed by atoms with Gasteiger partial charge in [0, 0.05) is 17.7 Å². The summed E-state index contributed by atoms with van der Waals surface area (Å²) in [5.74, 6) is -0.441. The average Bonchev–Trinajstić information content (AvgIpc) is 2.28. The Kier molecular flexibility index (Phi) is 2.56. The number of nitrogens with zero attached hydrogens (tertiary/aromatic N) is 1. The summed E-state index contributed by atoms with van der Waals surface area (Å²) in [6.45, 7) is 0. The van der Waals surface area contributed by atoms with E-state index in [1.54, 1.807) is 24.4 Å². The first-order chi connectivity index (χ1) is 7.70. The summed E-state index contributed by atoms with van der Waals surface area (Å²) >= 11 is 0. The summed E-state index contributed by atoms with van der Waals surface area (Å²) in [6.07, 6.45) is 2.63. The summed E-state index contributed by atoms with van der Waals surface area (Å²) in [5, 5.41) is 13.1. The minimum absolute atomic E-state index is 0.0123. The molecule has 2 rings (SSSR count). The van der Waals surface area contributed by atoms with Gasteiger partial charge in [-0.25, -0.2) is 0 Å². The summed E-state index contributed by atoms with van der Waals surface area (Å²) in [6, 6.07) is 4.96. The van der Waals surface area contributed by atoms with Crippen LogP contribution in [0.4, 0.5) is 5.69 Å². The monoisotopic (exact) mass is 215 g/mol. The van der Waals surface area contributed by atoms with E-state index in [1.807, 2.05) is 0 Å². The molecular weight excluding hydrogens is 206 g/mol. The zero-order valence-corrected chi connectivity index (χ0v) is 8.41. The van der Waals surface area contributed by atoms with E-state index in [4.69, 9.17) is 5.26 Å². The van der Waals surface area contributed by atoms with Crippen molar-refractivity contribution in [3.8, 4) is 6.19 Å². The lowest BCUT2D eigenvalue weighted by Crippen LogP contribution is -2.21. The van der Waals surface area contributed by atoms with Crippen molar-refractivity contribution in [1.82, 2.24) is 5.32 Å². The lowest BCUT2D eigenvalue weighted by molar-refractivity contribution is -0.116. The van der Waals surface area contributed by atoms with E-state index in [2.05, 4.69) is 10.6 Å². The first-order valence-electron chi connectivity index (χ1n) is 4.83. The van der Waals surface area contributed by atoms with E-state index in [1.165, 1.54) is 0 Å². The van der Waals surface area contributed by atoms with Gasteiger partial charge in [0.25, 0.3) is 5.91 Å². The van der Waals surface area contributed by atoms with E-state index < -0.39 is 5.91 Å². The average molecular weight is 215 g/mol. The van der Waals surface area contributed by atoms with Crippen molar-refractivity contribution in [2.45, 2.75) is 12.8 Å². The Balaban J connectivity index is 2.30. The second-order valence-corrected chi connectivity index (χ2v) is 3.49. The molecule has 2 amide bonds. The molecule has 1 aliphatic rings. The van der Waals surface area contributed by atoms with Crippen molar-refractivity contribution in [2.75, 3.05) is 5.32 Å². The number of hydrogen-bond acceptors (Lipinski definition) is 3. The van der Waals surface area contributed by atoms with Crippen molar-refractivity contribution >= 4 is 17.5 Å². The van der Waals surface area contributed by atoms with Crippen LogP contribution in [-0.4, -0.2) is 11.8 Å². The summed E-state index contributed by atoms with van der Waals surface area (Å²) < 4.78 is 0. The number of benzene rings is 1. The van der Waals surface area contributed by atoms with E-state index in [0.717, 1.165) is 11.3 Å². The molecule has 1 aliphatic heterocycles. The highest BCUT2D eigenvalue weighted by Gasteiger charge is 2.16. The number of fused-ring (bicyclic) bond motifs is 1. The zero-order chi connectivity index (χ0) is 11.5. The third-order valence-electron chi connectivity index (χ3n) is 2.43. The Hall–Kier alpha value is -2.35. The molecule has 0 radical (unpaired) electrons. The quantitative estimate of drug-likeness (QED) is 0.536. The van der Waals surface area contributed by atoms with Crippen molar-refractivity contribution in [3.63, 3.8) is 0 Å². The second kappa shape index (κ2) is 4.03. The van der Waals surface area contributed by atoms with Gasteiger partial charge in [0.1, 0.15) is 0 Å². The maximum atomic E-state index is 11.4. The smallest absolute Gasteiger partial charge is 0.264 e. The predicted molar refractivity (Wildman–Crippen MR) is 56.5 cm³/mol. The molecule has 2 N–H and O–H groups in total. The number of nitriles is 1. The van der Waals surface area contributed by atoms with Crippen LogP contribution in [0.3, 0.4) is 0 Å². The van der Waals surface area contributed by atoms with Gasteiger partial charge in [-0.15, -0.1) is 0 Å². The van der Waals surface area contributed by atoms with Gasteiger partial charge in [0.2, 0.25) is 5.91 Å². The van der Waals surface area contributed by atoms with Gasteiger partial charge in [-0.2, -0.15) is 5.26 Å². The number of nitrogens with one attached hydrogen (secondary N) is 2. The fourth-order valence-corrected chi connectivity index (χ4v) is 1.65. The molecule has 0 spiro atoms. The molecule has 0 aromatic heterocycles. The van der Waals surface area contributed by atoms with Crippen LogP contribution in [0.25, 0.3) is 0 Å². The highest BCUT2D eigenvalue weighted by atomic mass is 16.2. The lowest BCUT2D eigenvalue weighted by Gasteiger charge is -2.16. The molecule has 1 aromatic carbocycles. The van der Waals surface area contributed by atoms with Gasteiger partial charge in [0.05, 0.1) is 0 Å². The summed E-state index contributed by atoms with van der Waals surface area (Å²) in [7, 11) is 0. The minimum Gasteiger partial charge on any atom is -0.326 e. The van der Waals surface area contributed by atoms with E-state index in [9.17, 15) is 9.59 Å². The molecule has 5 nitrogen and oxygen atoms in total.